The summed E-state index contributed by atoms with van der Waals surface area (Å²) < 4.78 is 14.3. The van der Waals surface area contributed by atoms with Crippen LogP contribution in [0, 0.1) is 12.8 Å². The van der Waals surface area contributed by atoms with Gasteiger partial charge in [0, 0.05) is 18.4 Å². The van der Waals surface area contributed by atoms with Gasteiger partial charge in [-0.15, -0.1) is 10.2 Å². The summed E-state index contributed by atoms with van der Waals surface area (Å²) in [6, 6.07) is 16.4. The molecule has 3 aromatic heterocycles. The first-order chi connectivity index (χ1) is 18.5. The van der Waals surface area contributed by atoms with Gasteiger partial charge < -0.3 is 14.5 Å². The van der Waals surface area contributed by atoms with Crippen LogP contribution in [0.4, 0.5) is 0 Å². The van der Waals surface area contributed by atoms with Crippen LogP contribution >= 0.6 is 0 Å². The number of carbonyl (C=O) groups is 2. The van der Waals surface area contributed by atoms with Crippen molar-refractivity contribution in [3.63, 3.8) is 0 Å². The number of nitrogens with one attached hydrogen (secondary N) is 2. The van der Waals surface area contributed by atoms with Crippen LogP contribution in [0.5, 0.6) is 5.75 Å². The largest absolute Gasteiger partial charge is 0.485 e. The quantitative estimate of drug-likeness (QED) is 0.276. The van der Waals surface area contributed by atoms with E-state index in [1.165, 1.54) is 0 Å². The Morgan fingerprint density at radius 2 is 1.92 bits per heavy atom. The van der Waals surface area contributed by atoms with E-state index in [0.717, 1.165) is 16.8 Å². The molecule has 2 aromatic carbocycles. The summed E-state index contributed by atoms with van der Waals surface area (Å²) in [7, 11) is 0. The lowest BCUT2D eigenvalue weighted by atomic mass is 9.71. The first-order valence-corrected chi connectivity index (χ1v) is 12.4. The lowest BCUT2D eigenvalue weighted by Gasteiger charge is -2.45. The van der Waals surface area contributed by atoms with Gasteiger partial charge in [-0.3, -0.25) is 9.59 Å². The first-order valence-electron chi connectivity index (χ1n) is 12.4. The number of fused-ring (bicyclic) bond motifs is 2. The number of hydrogen-bond acceptors (Lipinski definition) is 9. The summed E-state index contributed by atoms with van der Waals surface area (Å²) in [4.78, 5) is 28.2. The van der Waals surface area contributed by atoms with E-state index in [1.807, 2.05) is 37.3 Å². The van der Waals surface area contributed by atoms with Gasteiger partial charge in [-0.25, -0.2) is 0 Å². The van der Waals surface area contributed by atoms with Gasteiger partial charge in [0.05, 0.1) is 22.3 Å². The lowest BCUT2D eigenvalue weighted by molar-refractivity contribution is -0.0145. The molecule has 190 valence electrons. The van der Waals surface area contributed by atoms with Gasteiger partial charge in [-0.1, -0.05) is 18.2 Å². The molecule has 1 spiro atoms. The summed E-state index contributed by atoms with van der Waals surface area (Å²) in [5.74, 6) is -0.848. The number of benzene rings is 2. The van der Waals surface area contributed by atoms with Crippen molar-refractivity contribution in [2.75, 3.05) is 13.1 Å². The third kappa shape index (κ3) is 3.39. The summed E-state index contributed by atoms with van der Waals surface area (Å²) in [6.45, 7) is 3.13. The molecule has 5 aromatic rings. The SMILES string of the molecule is Cc1nn(-c2ccccc2)c2oc(C(=O)[C@H]3C(=O)c4cc(-c5nn[nH]n5)ccc4OC34CCNCC4)cc12. The Morgan fingerprint density at radius 3 is 2.68 bits per heavy atom. The fraction of sp³-hybridized carbons (Fsp3) is 0.259. The molecule has 1 atom stereocenters. The number of aryl methyl sites for hydroxylation is 1. The van der Waals surface area contributed by atoms with Gasteiger partial charge in [0.1, 0.15) is 17.3 Å². The molecule has 38 heavy (non-hydrogen) atoms. The van der Waals surface area contributed by atoms with Gasteiger partial charge in [-0.05, 0) is 61.6 Å². The average molecular weight is 510 g/mol. The third-order valence-electron chi connectivity index (χ3n) is 7.45. The van der Waals surface area contributed by atoms with Crippen molar-refractivity contribution >= 4 is 22.7 Å². The predicted octanol–water partition coefficient (Wildman–Crippen LogP) is 3.30. The Morgan fingerprint density at radius 1 is 1.11 bits per heavy atom. The van der Waals surface area contributed by atoms with E-state index in [-0.39, 0.29) is 11.5 Å². The van der Waals surface area contributed by atoms with Crippen molar-refractivity contribution in [2.24, 2.45) is 5.92 Å². The zero-order chi connectivity index (χ0) is 25.9. The summed E-state index contributed by atoms with van der Waals surface area (Å²) >= 11 is 0. The number of nitrogens with zero attached hydrogens (tertiary/aromatic N) is 5. The number of furan rings is 1. The molecule has 1 saturated heterocycles. The minimum atomic E-state index is -1.06. The van der Waals surface area contributed by atoms with Crippen LogP contribution in [0.25, 0.3) is 28.2 Å². The van der Waals surface area contributed by atoms with E-state index in [1.54, 1.807) is 28.9 Å². The number of ketones is 2. The van der Waals surface area contributed by atoms with E-state index in [2.05, 4.69) is 31.0 Å². The molecule has 2 aliphatic rings. The molecule has 0 radical (unpaired) electrons. The van der Waals surface area contributed by atoms with Crippen molar-refractivity contribution in [3.8, 4) is 22.8 Å². The number of H-pyrrole nitrogens is 1. The Bertz CT molecular complexity index is 1680. The highest BCUT2D eigenvalue weighted by Crippen LogP contribution is 2.44. The number of hydrogen-bond donors (Lipinski definition) is 2. The van der Waals surface area contributed by atoms with E-state index in [0.29, 0.717) is 54.3 Å². The van der Waals surface area contributed by atoms with Crippen LogP contribution in [0.15, 0.2) is 59.0 Å². The van der Waals surface area contributed by atoms with Gasteiger partial charge in [0.2, 0.25) is 17.3 Å². The number of piperidine rings is 1. The summed E-state index contributed by atoms with van der Waals surface area (Å²) in [5, 5.41) is 22.7. The van der Waals surface area contributed by atoms with E-state index >= 15 is 0 Å². The zero-order valence-electron chi connectivity index (χ0n) is 20.5. The van der Waals surface area contributed by atoms with Crippen LogP contribution in [-0.4, -0.2) is 60.7 Å². The molecule has 1 fully saturated rings. The molecule has 11 heteroatoms. The number of rotatable bonds is 4. The van der Waals surface area contributed by atoms with Crippen LogP contribution < -0.4 is 10.1 Å². The normalized spacial score (nSPS) is 18.4. The van der Waals surface area contributed by atoms with Crippen molar-refractivity contribution in [1.29, 1.82) is 0 Å². The van der Waals surface area contributed by atoms with Crippen LogP contribution in [0.1, 0.15) is 39.4 Å². The number of carbonyl (C=O) groups excluding carboxylic acids is 2. The standard InChI is InChI=1S/C27H23N7O4/c1-15-18-14-21(37-26(18)34(31-15)17-5-3-2-4-6-17)24(36)22-23(35)19-13-16(25-29-32-33-30-25)7-8-20(19)38-27(22)9-11-28-12-10-27/h2-8,13-14,22,28H,9-12H2,1H3,(H,29,30,32,33)/t22-/m1/s1. The van der Waals surface area contributed by atoms with E-state index in [9.17, 15) is 9.59 Å². The molecule has 0 bridgehead atoms. The smallest absolute Gasteiger partial charge is 0.230 e. The highest BCUT2D eigenvalue weighted by atomic mass is 16.5. The monoisotopic (exact) mass is 509 g/mol. The summed E-state index contributed by atoms with van der Waals surface area (Å²) in [6.07, 6.45) is 1.02. The van der Waals surface area contributed by atoms with E-state index in [4.69, 9.17) is 9.15 Å². The van der Waals surface area contributed by atoms with Crippen molar-refractivity contribution in [2.45, 2.75) is 25.4 Å². The highest BCUT2D eigenvalue weighted by Gasteiger charge is 2.54. The Hall–Kier alpha value is -4.64. The molecule has 0 aliphatic carbocycles. The minimum Gasteiger partial charge on any atom is -0.485 e. The maximum atomic E-state index is 14.1. The molecule has 0 unspecified atom stereocenters. The highest BCUT2D eigenvalue weighted by molar-refractivity contribution is 6.18. The second-order valence-corrected chi connectivity index (χ2v) is 9.69. The van der Waals surface area contributed by atoms with Crippen molar-refractivity contribution in [3.05, 3.63) is 71.6 Å². The Labute approximate surface area is 216 Å². The van der Waals surface area contributed by atoms with Crippen LogP contribution in [0.2, 0.25) is 0 Å². The number of aromatic amines is 1. The number of ether oxygens (including phenoxy) is 1. The van der Waals surface area contributed by atoms with Gasteiger partial charge in [-0.2, -0.15) is 15.0 Å². The van der Waals surface area contributed by atoms with Crippen LogP contribution in [-0.2, 0) is 0 Å². The lowest BCUT2D eigenvalue weighted by Crippen LogP contribution is -2.58. The number of Topliss-reactive ketones (excluding diaryl/α,β-unsaturated/α-hetero) is 2. The summed E-state index contributed by atoms with van der Waals surface area (Å²) in [5.41, 5.74) is 1.94. The average Bonchev–Trinajstić information content (AvgIpc) is 3.69. The topological polar surface area (TPSA) is 141 Å². The molecule has 0 amide bonds. The van der Waals surface area contributed by atoms with E-state index < -0.39 is 17.3 Å². The fourth-order valence-corrected chi connectivity index (χ4v) is 5.56. The maximum Gasteiger partial charge on any atom is 0.230 e. The Balaban J connectivity index is 1.33. The first kappa shape index (κ1) is 22.5. The number of aromatic nitrogens is 6. The third-order valence-corrected chi connectivity index (χ3v) is 7.45. The second-order valence-electron chi connectivity index (χ2n) is 9.69. The van der Waals surface area contributed by atoms with Crippen LogP contribution in [0.3, 0.4) is 0 Å². The van der Waals surface area contributed by atoms with Gasteiger partial charge >= 0.3 is 0 Å². The number of para-hydroxylation sites is 1. The second kappa shape index (κ2) is 8.45. The molecule has 2 aliphatic heterocycles. The predicted molar refractivity (Wildman–Crippen MR) is 135 cm³/mol. The Kier molecular flexibility index (Phi) is 5.02. The van der Waals surface area contributed by atoms with Crippen molar-refractivity contribution < 1.29 is 18.7 Å². The molecular formula is C27H23N7O4. The maximum absolute atomic E-state index is 14.1. The van der Waals surface area contributed by atoms with Gasteiger partial charge in [0.15, 0.2) is 11.5 Å². The van der Waals surface area contributed by atoms with Gasteiger partial charge in [0.25, 0.3) is 0 Å². The molecule has 7 rings (SSSR count). The molecular weight excluding hydrogens is 486 g/mol. The molecule has 11 nitrogen and oxygen atoms in total. The zero-order valence-corrected chi connectivity index (χ0v) is 20.5. The minimum absolute atomic E-state index is 0.114. The molecule has 0 saturated carbocycles. The molecule has 2 N–H and O–H groups in total. The van der Waals surface area contributed by atoms with Crippen molar-refractivity contribution in [1.82, 2.24) is 35.7 Å². The molecule has 5 heterocycles. The fourth-order valence-electron chi connectivity index (χ4n) is 5.56. The number of tetrazole rings is 1.